The molecule has 1 saturated carbocycles. The highest BCUT2D eigenvalue weighted by molar-refractivity contribution is 9.10. The summed E-state index contributed by atoms with van der Waals surface area (Å²) in [6.07, 6.45) is 3.07. The predicted molar refractivity (Wildman–Crippen MR) is 57.2 cm³/mol. The van der Waals surface area contributed by atoms with Gasteiger partial charge in [0.2, 0.25) is 0 Å². The molecule has 0 radical (unpaired) electrons. The number of halogens is 3. The molecule has 5 heteroatoms. The number of alkyl halides is 2. The normalized spacial score (nSPS) is 29.2. The van der Waals surface area contributed by atoms with Gasteiger partial charge in [0, 0.05) is 10.7 Å². The number of pyridine rings is 1. The van der Waals surface area contributed by atoms with E-state index in [4.69, 9.17) is 4.74 Å². The zero-order chi connectivity index (χ0) is 11.4. The first-order valence-corrected chi connectivity index (χ1v) is 5.99. The Morgan fingerprint density at radius 3 is 2.56 bits per heavy atom. The van der Waals surface area contributed by atoms with Gasteiger partial charge in [-0.15, -0.1) is 0 Å². The van der Waals surface area contributed by atoms with E-state index in [0.29, 0.717) is 4.47 Å². The van der Waals surface area contributed by atoms with Crippen molar-refractivity contribution in [3.63, 3.8) is 0 Å². The third kappa shape index (κ3) is 1.41. The molecular formula is C11H10BrF2NO. The fourth-order valence-corrected chi connectivity index (χ4v) is 2.31. The van der Waals surface area contributed by atoms with Gasteiger partial charge in [0.1, 0.15) is 5.69 Å². The Morgan fingerprint density at radius 2 is 2.12 bits per heavy atom. The van der Waals surface area contributed by atoms with Crippen LogP contribution in [0.5, 0.6) is 0 Å². The van der Waals surface area contributed by atoms with Crippen LogP contribution in [0.2, 0.25) is 0 Å². The predicted octanol–water partition coefficient (Wildman–Crippen LogP) is 3.11. The molecule has 2 heterocycles. The van der Waals surface area contributed by atoms with E-state index in [2.05, 4.69) is 20.9 Å². The van der Waals surface area contributed by atoms with Crippen molar-refractivity contribution in [3.8, 4) is 0 Å². The summed E-state index contributed by atoms with van der Waals surface area (Å²) in [4.78, 5) is 3.79. The van der Waals surface area contributed by atoms with Crippen molar-refractivity contribution in [2.45, 2.75) is 24.4 Å². The lowest BCUT2D eigenvalue weighted by Crippen LogP contribution is -2.37. The smallest absolute Gasteiger partial charge is 0.320 e. The van der Waals surface area contributed by atoms with E-state index in [0.717, 1.165) is 12.8 Å². The van der Waals surface area contributed by atoms with Crippen LogP contribution < -0.4 is 0 Å². The van der Waals surface area contributed by atoms with Crippen molar-refractivity contribution in [2.24, 2.45) is 5.92 Å². The van der Waals surface area contributed by atoms with Crippen LogP contribution in [0.3, 0.4) is 0 Å². The molecule has 0 bridgehead atoms. The van der Waals surface area contributed by atoms with Gasteiger partial charge in [0.15, 0.2) is 5.60 Å². The molecule has 1 aromatic heterocycles. The Morgan fingerprint density at radius 1 is 1.44 bits per heavy atom. The van der Waals surface area contributed by atoms with Crippen LogP contribution in [0.25, 0.3) is 0 Å². The molecule has 1 atom stereocenters. The van der Waals surface area contributed by atoms with Crippen molar-refractivity contribution < 1.29 is 13.5 Å². The lowest BCUT2D eigenvalue weighted by atomic mass is 9.94. The minimum Gasteiger partial charge on any atom is -0.362 e. The number of aromatic nitrogens is 1. The van der Waals surface area contributed by atoms with Crippen molar-refractivity contribution in [3.05, 3.63) is 28.5 Å². The largest absolute Gasteiger partial charge is 0.362 e. The number of nitrogens with zero attached hydrogens (tertiary/aromatic N) is 1. The van der Waals surface area contributed by atoms with Gasteiger partial charge in [-0.05, 0) is 46.8 Å². The summed E-state index contributed by atoms with van der Waals surface area (Å²) in [7, 11) is 0. The van der Waals surface area contributed by atoms with Gasteiger partial charge < -0.3 is 4.74 Å². The van der Waals surface area contributed by atoms with Gasteiger partial charge in [-0.2, -0.15) is 8.78 Å². The fraction of sp³-hybridized carbons (Fsp3) is 0.545. The second kappa shape index (κ2) is 3.23. The first-order chi connectivity index (χ1) is 7.56. The molecular weight excluding hydrogens is 280 g/mol. The zero-order valence-corrected chi connectivity index (χ0v) is 10.0. The van der Waals surface area contributed by atoms with Crippen LogP contribution in [0.1, 0.15) is 18.5 Å². The Kier molecular flexibility index (Phi) is 2.14. The Bertz CT molecular complexity index is 412. The first-order valence-electron chi connectivity index (χ1n) is 5.20. The fourth-order valence-electron chi connectivity index (χ4n) is 2.08. The van der Waals surface area contributed by atoms with Crippen LogP contribution in [0.4, 0.5) is 8.78 Å². The maximum atomic E-state index is 14.2. The van der Waals surface area contributed by atoms with E-state index in [9.17, 15) is 8.78 Å². The lowest BCUT2D eigenvalue weighted by Gasteiger charge is -2.23. The van der Waals surface area contributed by atoms with Gasteiger partial charge in [0.05, 0.1) is 6.61 Å². The summed E-state index contributed by atoms with van der Waals surface area (Å²) in [5.74, 6) is -2.97. The van der Waals surface area contributed by atoms with Gasteiger partial charge in [-0.25, -0.2) is 0 Å². The lowest BCUT2D eigenvalue weighted by molar-refractivity contribution is -0.0943. The third-order valence-electron chi connectivity index (χ3n) is 3.27. The minimum atomic E-state index is -2.98. The molecule has 3 rings (SSSR count). The minimum absolute atomic E-state index is 0.00736. The van der Waals surface area contributed by atoms with E-state index in [1.54, 1.807) is 6.07 Å². The molecule has 2 aliphatic rings. The molecule has 1 aromatic rings. The number of hydrogen-bond donors (Lipinski definition) is 0. The average molecular weight is 290 g/mol. The molecule has 0 N–H and O–H groups in total. The molecule has 0 amide bonds. The molecule has 1 unspecified atom stereocenters. The van der Waals surface area contributed by atoms with Crippen molar-refractivity contribution in [2.75, 3.05) is 6.61 Å². The average Bonchev–Trinajstić information content (AvgIpc) is 3.10. The Hall–Kier alpha value is -0.550. The summed E-state index contributed by atoms with van der Waals surface area (Å²) in [6, 6.07) is 2.94. The summed E-state index contributed by atoms with van der Waals surface area (Å²) >= 11 is 3.18. The SMILES string of the molecule is FC(F)(c1ccc(Br)cn1)C1(C2CC2)CO1. The van der Waals surface area contributed by atoms with Crippen LogP contribution >= 0.6 is 15.9 Å². The van der Waals surface area contributed by atoms with Crippen LogP contribution in [-0.2, 0) is 10.7 Å². The summed E-state index contributed by atoms with van der Waals surface area (Å²) in [6.45, 7) is 0.155. The van der Waals surface area contributed by atoms with Gasteiger partial charge >= 0.3 is 5.92 Å². The molecule has 0 aromatic carbocycles. The van der Waals surface area contributed by atoms with Gasteiger partial charge in [0.25, 0.3) is 0 Å². The molecule has 1 aliphatic carbocycles. The monoisotopic (exact) mass is 289 g/mol. The van der Waals surface area contributed by atoms with E-state index in [1.807, 2.05) is 0 Å². The molecule has 16 heavy (non-hydrogen) atoms. The highest BCUT2D eigenvalue weighted by atomic mass is 79.9. The molecule has 86 valence electrons. The van der Waals surface area contributed by atoms with Crippen LogP contribution in [0, 0.1) is 5.92 Å². The maximum Gasteiger partial charge on any atom is 0.320 e. The molecule has 2 nitrogen and oxygen atoms in total. The van der Waals surface area contributed by atoms with E-state index in [-0.39, 0.29) is 18.2 Å². The number of epoxide rings is 1. The van der Waals surface area contributed by atoms with Crippen molar-refractivity contribution in [1.29, 1.82) is 0 Å². The van der Waals surface area contributed by atoms with E-state index in [1.165, 1.54) is 12.3 Å². The quantitative estimate of drug-likeness (QED) is 0.799. The number of ether oxygens (including phenoxy) is 1. The van der Waals surface area contributed by atoms with Crippen LogP contribution in [0.15, 0.2) is 22.8 Å². The summed E-state index contributed by atoms with van der Waals surface area (Å²) < 4.78 is 34.2. The number of rotatable bonds is 3. The van der Waals surface area contributed by atoms with E-state index >= 15 is 0 Å². The van der Waals surface area contributed by atoms with Gasteiger partial charge in [-0.1, -0.05) is 0 Å². The van der Waals surface area contributed by atoms with Crippen molar-refractivity contribution >= 4 is 15.9 Å². The number of hydrogen-bond acceptors (Lipinski definition) is 2. The summed E-state index contributed by atoms with van der Waals surface area (Å²) in [5.41, 5.74) is -1.45. The van der Waals surface area contributed by atoms with E-state index < -0.39 is 11.5 Å². The highest BCUT2D eigenvalue weighted by Crippen LogP contribution is 2.60. The topological polar surface area (TPSA) is 25.4 Å². The highest BCUT2D eigenvalue weighted by Gasteiger charge is 2.72. The van der Waals surface area contributed by atoms with Gasteiger partial charge in [-0.3, -0.25) is 4.98 Å². The zero-order valence-electron chi connectivity index (χ0n) is 8.42. The Labute approximate surface area is 100 Å². The standard InChI is InChI=1S/C11H10BrF2NO/c12-8-3-4-9(15-5-8)11(13,14)10(6-16-10)7-1-2-7/h3-5,7H,1-2,6H2. The molecule has 1 aliphatic heterocycles. The van der Waals surface area contributed by atoms with Crippen molar-refractivity contribution in [1.82, 2.24) is 4.98 Å². The second-order valence-corrected chi connectivity index (χ2v) is 5.30. The first kappa shape index (κ1) is 10.6. The maximum absolute atomic E-state index is 14.2. The third-order valence-corrected chi connectivity index (χ3v) is 3.74. The Balaban J connectivity index is 1.95. The molecule has 1 saturated heterocycles. The molecule has 2 fully saturated rings. The summed E-state index contributed by atoms with van der Waals surface area (Å²) in [5, 5.41) is 0. The second-order valence-electron chi connectivity index (χ2n) is 4.39. The van der Waals surface area contributed by atoms with Crippen LogP contribution in [-0.4, -0.2) is 17.2 Å². The molecule has 0 spiro atoms.